The third-order valence-electron chi connectivity index (χ3n) is 2.78. The molecule has 19 heavy (non-hydrogen) atoms. The minimum atomic E-state index is -1.34. The third kappa shape index (κ3) is 3.70. The number of hydrogen-bond acceptors (Lipinski definition) is 4. The smallest absolute Gasteiger partial charge is 0.339 e. The lowest BCUT2D eigenvalue weighted by Crippen LogP contribution is -2.16. The minimum Gasteiger partial charge on any atom is -0.496 e. The lowest BCUT2D eigenvalue weighted by Gasteiger charge is -2.17. The van der Waals surface area contributed by atoms with Crippen molar-refractivity contribution in [2.75, 3.05) is 13.7 Å². The van der Waals surface area contributed by atoms with Crippen molar-refractivity contribution in [3.8, 4) is 5.75 Å². The van der Waals surface area contributed by atoms with Crippen LogP contribution in [0.2, 0.25) is 0 Å². The minimum absolute atomic E-state index is 0.226. The average Bonchev–Trinajstić information content (AvgIpc) is 2.37. The first kappa shape index (κ1) is 16.0. The summed E-state index contributed by atoms with van der Waals surface area (Å²) >= 11 is 3.45. The van der Waals surface area contributed by atoms with Crippen molar-refractivity contribution in [1.29, 1.82) is 0 Å². The molecule has 1 aromatic carbocycles. The summed E-state index contributed by atoms with van der Waals surface area (Å²) in [4.78, 5) is 11.6. The van der Waals surface area contributed by atoms with Crippen LogP contribution >= 0.6 is 15.9 Å². The van der Waals surface area contributed by atoms with E-state index in [-0.39, 0.29) is 6.61 Å². The Morgan fingerprint density at radius 3 is 2.47 bits per heavy atom. The van der Waals surface area contributed by atoms with Gasteiger partial charge in [0, 0.05) is 10.0 Å². The zero-order valence-corrected chi connectivity index (χ0v) is 13.2. The number of carbonyl (C=O) groups excluding carboxylic acids is 1. The van der Waals surface area contributed by atoms with E-state index in [9.17, 15) is 9.90 Å². The number of methoxy groups -OCH3 is 1. The molecule has 0 spiro atoms. The molecule has 1 atom stereocenters. The van der Waals surface area contributed by atoms with E-state index in [2.05, 4.69) is 29.8 Å². The quantitative estimate of drug-likeness (QED) is 0.842. The summed E-state index contributed by atoms with van der Waals surface area (Å²) in [6.07, 6.45) is -1.34. The molecule has 0 aromatic heterocycles. The summed E-state index contributed by atoms with van der Waals surface area (Å²) in [5, 5.41) is 10.0. The molecule has 0 amide bonds. The van der Waals surface area contributed by atoms with Crippen LogP contribution in [0.1, 0.15) is 43.9 Å². The van der Waals surface area contributed by atoms with Gasteiger partial charge in [-0.2, -0.15) is 0 Å². The molecule has 1 aromatic rings. The molecule has 0 heterocycles. The van der Waals surface area contributed by atoms with Crippen molar-refractivity contribution in [3.63, 3.8) is 0 Å². The highest BCUT2D eigenvalue weighted by Gasteiger charge is 2.24. The van der Waals surface area contributed by atoms with Gasteiger partial charge in [-0.25, -0.2) is 4.79 Å². The van der Waals surface area contributed by atoms with Crippen LogP contribution in [0.15, 0.2) is 16.6 Å². The Morgan fingerprint density at radius 2 is 2.00 bits per heavy atom. The maximum atomic E-state index is 11.6. The Bertz CT molecular complexity index is 457. The van der Waals surface area contributed by atoms with Crippen molar-refractivity contribution in [2.24, 2.45) is 0 Å². The second kappa shape index (κ2) is 6.91. The maximum Gasteiger partial charge on any atom is 0.339 e. The molecule has 0 saturated carbocycles. The van der Waals surface area contributed by atoms with E-state index in [0.29, 0.717) is 17.2 Å². The number of aliphatic hydroxyl groups excluding tert-OH is 1. The Morgan fingerprint density at radius 1 is 1.37 bits per heavy atom. The van der Waals surface area contributed by atoms with E-state index in [0.717, 1.165) is 10.0 Å². The molecule has 0 bridgehead atoms. The van der Waals surface area contributed by atoms with E-state index in [1.165, 1.54) is 7.11 Å². The lowest BCUT2D eigenvalue weighted by atomic mass is 9.99. The van der Waals surface area contributed by atoms with Gasteiger partial charge in [0.25, 0.3) is 0 Å². The average molecular weight is 331 g/mol. The summed E-state index contributed by atoms with van der Waals surface area (Å²) in [6.45, 7) is 6.03. The van der Waals surface area contributed by atoms with Gasteiger partial charge >= 0.3 is 5.97 Å². The van der Waals surface area contributed by atoms with Crippen LogP contribution < -0.4 is 4.74 Å². The van der Waals surface area contributed by atoms with Gasteiger partial charge in [0.15, 0.2) is 6.10 Å². The maximum absolute atomic E-state index is 11.6. The highest BCUT2D eigenvalue weighted by atomic mass is 79.9. The molecule has 0 saturated heterocycles. The Labute approximate surface area is 121 Å². The molecule has 106 valence electrons. The molecule has 0 aliphatic heterocycles. The molecular formula is C14H19BrO4. The van der Waals surface area contributed by atoms with Gasteiger partial charge in [0.1, 0.15) is 5.75 Å². The Hall–Kier alpha value is -1.07. The zero-order valence-electron chi connectivity index (χ0n) is 11.6. The number of rotatable bonds is 5. The lowest BCUT2D eigenvalue weighted by molar-refractivity contribution is -0.153. The number of halogens is 1. The van der Waals surface area contributed by atoms with E-state index in [4.69, 9.17) is 9.47 Å². The van der Waals surface area contributed by atoms with Crippen molar-refractivity contribution >= 4 is 21.9 Å². The largest absolute Gasteiger partial charge is 0.496 e. The number of carbonyl (C=O) groups is 1. The second-order valence-electron chi connectivity index (χ2n) is 4.42. The van der Waals surface area contributed by atoms with Crippen LogP contribution in [0, 0.1) is 0 Å². The van der Waals surface area contributed by atoms with Crippen molar-refractivity contribution < 1.29 is 19.4 Å². The molecule has 0 fully saturated rings. The Balaban J connectivity index is 3.20. The van der Waals surface area contributed by atoms with Crippen molar-refractivity contribution in [1.82, 2.24) is 0 Å². The van der Waals surface area contributed by atoms with Crippen LogP contribution in [0.4, 0.5) is 0 Å². The second-order valence-corrected chi connectivity index (χ2v) is 5.28. The molecular weight excluding hydrogens is 312 g/mol. The highest BCUT2D eigenvalue weighted by Crippen LogP contribution is 2.35. The molecule has 1 N–H and O–H groups in total. The van der Waals surface area contributed by atoms with Crippen LogP contribution in [0.3, 0.4) is 0 Å². The molecule has 0 aliphatic rings. The predicted molar refractivity (Wildman–Crippen MR) is 76.4 cm³/mol. The topological polar surface area (TPSA) is 55.8 Å². The van der Waals surface area contributed by atoms with E-state index in [1.807, 2.05) is 6.07 Å². The van der Waals surface area contributed by atoms with Crippen LogP contribution in [0.25, 0.3) is 0 Å². The molecule has 1 rings (SSSR count). The summed E-state index contributed by atoms with van der Waals surface area (Å²) < 4.78 is 10.9. The van der Waals surface area contributed by atoms with E-state index < -0.39 is 12.1 Å². The third-order valence-corrected chi connectivity index (χ3v) is 3.46. The van der Waals surface area contributed by atoms with E-state index >= 15 is 0 Å². The van der Waals surface area contributed by atoms with Gasteiger partial charge < -0.3 is 14.6 Å². The highest BCUT2D eigenvalue weighted by molar-refractivity contribution is 9.10. The fourth-order valence-corrected chi connectivity index (χ4v) is 2.58. The Kier molecular flexibility index (Phi) is 5.82. The first-order chi connectivity index (χ1) is 8.92. The molecule has 0 radical (unpaired) electrons. The van der Waals surface area contributed by atoms with Gasteiger partial charge in [0.05, 0.1) is 13.7 Å². The first-order valence-corrected chi connectivity index (χ1v) is 6.93. The number of aliphatic hydroxyl groups is 1. The SMILES string of the molecule is CCOC(=O)C(O)c1cc(Br)c(C(C)C)cc1OC. The standard InChI is InChI=1S/C14H19BrO4/c1-5-19-14(17)13(16)10-6-11(15)9(8(2)3)7-12(10)18-4/h6-8,13,16H,5H2,1-4H3. The van der Waals surface area contributed by atoms with Gasteiger partial charge in [-0.05, 0) is 30.5 Å². The van der Waals surface area contributed by atoms with Crippen molar-refractivity contribution in [3.05, 3.63) is 27.7 Å². The molecule has 1 unspecified atom stereocenters. The van der Waals surface area contributed by atoms with Crippen LogP contribution in [0.5, 0.6) is 5.75 Å². The van der Waals surface area contributed by atoms with Gasteiger partial charge in [-0.1, -0.05) is 29.8 Å². The normalized spacial score (nSPS) is 12.4. The van der Waals surface area contributed by atoms with Gasteiger partial charge in [0.2, 0.25) is 0 Å². The van der Waals surface area contributed by atoms with Crippen LogP contribution in [-0.4, -0.2) is 24.8 Å². The number of hydrogen-bond donors (Lipinski definition) is 1. The fourth-order valence-electron chi connectivity index (χ4n) is 1.77. The molecule has 0 aliphatic carbocycles. The summed E-state index contributed by atoms with van der Waals surface area (Å²) in [5.74, 6) is 0.106. The molecule has 4 nitrogen and oxygen atoms in total. The van der Waals surface area contributed by atoms with Crippen LogP contribution in [-0.2, 0) is 9.53 Å². The number of ether oxygens (including phenoxy) is 2. The first-order valence-electron chi connectivity index (χ1n) is 6.14. The van der Waals surface area contributed by atoms with Crippen molar-refractivity contribution in [2.45, 2.75) is 32.8 Å². The monoisotopic (exact) mass is 330 g/mol. The van der Waals surface area contributed by atoms with E-state index in [1.54, 1.807) is 13.0 Å². The van der Waals surface area contributed by atoms with Gasteiger partial charge in [-0.15, -0.1) is 0 Å². The summed E-state index contributed by atoms with van der Waals surface area (Å²) in [5.41, 5.74) is 1.45. The summed E-state index contributed by atoms with van der Waals surface area (Å²) in [7, 11) is 1.51. The number of benzene rings is 1. The van der Waals surface area contributed by atoms with Gasteiger partial charge in [-0.3, -0.25) is 0 Å². The summed E-state index contributed by atoms with van der Waals surface area (Å²) in [6, 6.07) is 3.53. The predicted octanol–water partition coefficient (Wildman–Crippen LogP) is 3.18. The molecule has 5 heteroatoms. The zero-order chi connectivity index (χ0) is 14.6. The fraction of sp³-hybridized carbons (Fsp3) is 0.500. The number of esters is 1.